The van der Waals surface area contributed by atoms with E-state index in [9.17, 15) is 19.5 Å². The zero-order valence-corrected chi connectivity index (χ0v) is 13.4. The van der Waals surface area contributed by atoms with E-state index >= 15 is 0 Å². The third-order valence-corrected chi connectivity index (χ3v) is 3.93. The minimum absolute atomic E-state index is 0.00991. The number of rotatable bonds is 6. The summed E-state index contributed by atoms with van der Waals surface area (Å²) in [5.74, 6) is -2.12. The Bertz CT molecular complexity index is 628. The minimum atomic E-state index is -1.40. The predicted molar refractivity (Wildman–Crippen MR) is 84.7 cm³/mol. The van der Waals surface area contributed by atoms with Gasteiger partial charge >= 0.3 is 5.97 Å². The number of aliphatic hydroxyl groups is 1. The summed E-state index contributed by atoms with van der Waals surface area (Å²) in [5, 5.41) is 20.7. The predicted octanol–water partition coefficient (Wildman–Crippen LogP) is -0.00170. The summed E-state index contributed by atoms with van der Waals surface area (Å²) >= 11 is 0. The second-order valence-corrected chi connectivity index (χ2v) is 5.67. The SMILES string of the molecule is COc1ccc(N2CC(C(=O)NC(C(=O)O)C(C)O)CC2=O)cc1. The van der Waals surface area contributed by atoms with Crippen LogP contribution in [0.3, 0.4) is 0 Å². The Morgan fingerprint density at radius 1 is 1.33 bits per heavy atom. The van der Waals surface area contributed by atoms with E-state index in [-0.39, 0.29) is 18.9 Å². The number of benzene rings is 1. The van der Waals surface area contributed by atoms with E-state index in [1.165, 1.54) is 18.9 Å². The molecular weight excluding hydrogens is 316 g/mol. The molecule has 0 bridgehead atoms. The Morgan fingerprint density at radius 2 is 1.96 bits per heavy atom. The van der Waals surface area contributed by atoms with Gasteiger partial charge < -0.3 is 25.2 Å². The number of aliphatic carboxylic acids is 1. The van der Waals surface area contributed by atoms with Crippen LogP contribution in [0.4, 0.5) is 5.69 Å². The van der Waals surface area contributed by atoms with Crippen molar-refractivity contribution in [3.63, 3.8) is 0 Å². The fraction of sp³-hybridized carbons (Fsp3) is 0.438. The van der Waals surface area contributed by atoms with Gasteiger partial charge in [0, 0.05) is 18.7 Å². The number of nitrogens with one attached hydrogen (secondary N) is 1. The molecule has 24 heavy (non-hydrogen) atoms. The molecule has 8 nitrogen and oxygen atoms in total. The van der Waals surface area contributed by atoms with Gasteiger partial charge in [0.05, 0.1) is 19.1 Å². The maximum atomic E-state index is 12.2. The smallest absolute Gasteiger partial charge is 0.328 e. The number of ether oxygens (including phenoxy) is 1. The van der Waals surface area contributed by atoms with Crippen molar-refractivity contribution in [2.24, 2.45) is 5.92 Å². The highest BCUT2D eigenvalue weighted by molar-refractivity contribution is 6.00. The van der Waals surface area contributed by atoms with Crippen molar-refractivity contribution in [1.29, 1.82) is 0 Å². The van der Waals surface area contributed by atoms with E-state index in [0.717, 1.165) is 0 Å². The van der Waals surface area contributed by atoms with Crippen LogP contribution in [0.15, 0.2) is 24.3 Å². The molecule has 0 saturated carbocycles. The van der Waals surface area contributed by atoms with E-state index in [4.69, 9.17) is 9.84 Å². The number of amides is 2. The standard InChI is InChI=1S/C16H20N2O6/c1-9(19)14(16(22)23)17-15(21)10-7-13(20)18(8-10)11-3-5-12(24-2)6-4-11/h3-6,9-10,14,19H,7-8H2,1-2H3,(H,17,21)(H,22,23). The molecule has 1 aliphatic rings. The van der Waals surface area contributed by atoms with Gasteiger partial charge in [0.15, 0.2) is 6.04 Å². The van der Waals surface area contributed by atoms with Crippen LogP contribution in [0.1, 0.15) is 13.3 Å². The molecule has 1 fully saturated rings. The third kappa shape index (κ3) is 3.83. The maximum Gasteiger partial charge on any atom is 0.328 e. The number of carbonyl (C=O) groups is 3. The van der Waals surface area contributed by atoms with E-state index in [1.54, 1.807) is 24.3 Å². The summed E-state index contributed by atoms with van der Waals surface area (Å²) in [7, 11) is 1.54. The molecule has 0 aliphatic carbocycles. The molecule has 3 unspecified atom stereocenters. The number of hydrogen-bond acceptors (Lipinski definition) is 5. The van der Waals surface area contributed by atoms with E-state index in [2.05, 4.69) is 5.32 Å². The molecule has 0 aromatic heterocycles. The Hall–Kier alpha value is -2.61. The summed E-state index contributed by atoms with van der Waals surface area (Å²) in [6.07, 6.45) is -1.24. The molecule has 8 heteroatoms. The summed E-state index contributed by atoms with van der Waals surface area (Å²) in [4.78, 5) is 36.9. The lowest BCUT2D eigenvalue weighted by Crippen LogP contribution is -2.49. The highest BCUT2D eigenvalue weighted by Crippen LogP contribution is 2.27. The summed E-state index contributed by atoms with van der Waals surface area (Å²) < 4.78 is 5.06. The van der Waals surface area contributed by atoms with Gasteiger partial charge in [-0.25, -0.2) is 4.79 Å². The minimum Gasteiger partial charge on any atom is -0.497 e. The van der Waals surface area contributed by atoms with Crippen LogP contribution in [0.2, 0.25) is 0 Å². The Balaban J connectivity index is 2.05. The van der Waals surface area contributed by atoms with Crippen LogP contribution in [0.5, 0.6) is 5.75 Å². The lowest BCUT2D eigenvalue weighted by molar-refractivity contribution is -0.145. The zero-order chi connectivity index (χ0) is 17.9. The van der Waals surface area contributed by atoms with Crippen molar-refractivity contribution in [1.82, 2.24) is 5.32 Å². The second kappa shape index (κ2) is 7.31. The molecule has 1 aromatic rings. The molecule has 1 saturated heterocycles. The summed E-state index contributed by atoms with van der Waals surface area (Å²) in [6.45, 7) is 1.44. The van der Waals surface area contributed by atoms with Gasteiger partial charge in [-0.1, -0.05) is 0 Å². The molecule has 3 N–H and O–H groups in total. The van der Waals surface area contributed by atoms with Crippen molar-refractivity contribution >= 4 is 23.5 Å². The first-order valence-electron chi connectivity index (χ1n) is 7.49. The number of carbonyl (C=O) groups excluding carboxylic acids is 2. The zero-order valence-electron chi connectivity index (χ0n) is 13.4. The number of carboxylic acid groups (broad SMARTS) is 1. The average Bonchev–Trinajstić information content (AvgIpc) is 2.93. The molecular formula is C16H20N2O6. The quantitative estimate of drug-likeness (QED) is 0.673. The molecule has 1 aromatic carbocycles. The number of hydrogen-bond donors (Lipinski definition) is 3. The van der Waals surface area contributed by atoms with Crippen molar-refractivity contribution in [3.05, 3.63) is 24.3 Å². The number of nitrogens with zero attached hydrogens (tertiary/aromatic N) is 1. The summed E-state index contributed by atoms with van der Waals surface area (Å²) in [5.41, 5.74) is 0.640. The van der Waals surface area contributed by atoms with Crippen LogP contribution in [-0.2, 0) is 14.4 Å². The fourth-order valence-electron chi connectivity index (χ4n) is 2.55. The van der Waals surface area contributed by atoms with Crippen LogP contribution in [0.25, 0.3) is 0 Å². The van der Waals surface area contributed by atoms with E-state index < -0.39 is 29.9 Å². The lowest BCUT2D eigenvalue weighted by Gasteiger charge is -2.20. The normalized spacial score (nSPS) is 19.7. The van der Waals surface area contributed by atoms with Crippen molar-refractivity contribution < 1.29 is 29.3 Å². The molecule has 130 valence electrons. The van der Waals surface area contributed by atoms with Crippen molar-refractivity contribution in [2.75, 3.05) is 18.6 Å². The van der Waals surface area contributed by atoms with Crippen LogP contribution < -0.4 is 15.0 Å². The van der Waals surface area contributed by atoms with E-state index in [0.29, 0.717) is 11.4 Å². The molecule has 0 spiro atoms. The van der Waals surface area contributed by atoms with Crippen LogP contribution >= 0.6 is 0 Å². The van der Waals surface area contributed by atoms with Crippen LogP contribution in [0, 0.1) is 5.92 Å². The molecule has 2 rings (SSSR count). The van der Waals surface area contributed by atoms with Crippen molar-refractivity contribution in [3.8, 4) is 5.75 Å². The van der Waals surface area contributed by atoms with Gasteiger partial charge in [-0.3, -0.25) is 9.59 Å². The number of carboxylic acids is 1. The van der Waals surface area contributed by atoms with Crippen LogP contribution in [-0.4, -0.2) is 53.8 Å². The first-order chi connectivity index (χ1) is 11.3. The molecule has 3 atom stereocenters. The third-order valence-electron chi connectivity index (χ3n) is 3.93. The lowest BCUT2D eigenvalue weighted by atomic mass is 10.1. The molecule has 2 amide bonds. The molecule has 1 aliphatic heterocycles. The highest BCUT2D eigenvalue weighted by Gasteiger charge is 2.37. The van der Waals surface area contributed by atoms with Gasteiger partial charge in [0.25, 0.3) is 0 Å². The van der Waals surface area contributed by atoms with Crippen molar-refractivity contribution in [2.45, 2.75) is 25.5 Å². The summed E-state index contributed by atoms with van der Waals surface area (Å²) in [6, 6.07) is 5.45. The van der Waals surface area contributed by atoms with Gasteiger partial charge in [-0.05, 0) is 31.2 Å². The molecule has 0 radical (unpaired) electrons. The topological polar surface area (TPSA) is 116 Å². The average molecular weight is 336 g/mol. The van der Waals surface area contributed by atoms with Gasteiger partial charge in [-0.2, -0.15) is 0 Å². The maximum absolute atomic E-state index is 12.2. The van der Waals surface area contributed by atoms with E-state index in [1.807, 2.05) is 0 Å². The molecule has 1 heterocycles. The highest BCUT2D eigenvalue weighted by atomic mass is 16.5. The van der Waals surface area contributed by atoms with Gasteiger partial charge in [-0.15, -0.1) is 0 Å². The first kappa shape index (κ1) is 17.7. The second-order valence-electron chi connectivity index (χ2n) is 5.67. The van der Waals surface area contributed by atoms with Gasteiger partial charge in [0.1, 0.15) is 5.75 Å². The van der Waals surface area contributed by atoms with Gasteiger partial charge in [0.2, 0.25) is 11.8 Å². The largest absolute Gasteiger partial charge is 0.497 e. The Labute approximate surface area is 139 Å². The fourth-order valence-corrected chi connectivity index (χ4v) is 2.55. The number of anilines is 1. The number of aliphatic hydroxyl groups excluding tert-OH is 1. The Kier molecular flexibility index (Phi) is 5.40. The first-order valence-corrected chi connectivity index (χ1v) is 7.49. The monoisotopic (exact) mass is 336 g/mol. The Morgan fingerprint density at radius 3 is 2.46 bits per heavy atom. The number of methoxy groups -OCH3 is 1.